The first-order chi connectivity index (χ1) is 10.6. The van der Waals surface area contributed by atoms with E-state index in [1.165, 1.54) is 11.1 Å². The van der Waals surface area contributed by atoms with Crippen molar-refractivity contribution < 1.29 is 4.79 Å². The summed E-state index contributed by atoms with van der Waals surface area (Å²) in [5.74, 6) is -0.313. The summed E-state index contributed by atoms with van der Waals surface area (Å²) in [4.78, 5) is 12.7. The van der Waals surface area contributed by atoms with Crippen molar-refractivity contribution in [2.75, 3.05) is 0 Å². The molecule has 4 N–H and O–H groups in total. The first-order valence-corrected chi connectivity index (χ1v) is 7.78. The van der Waals surface area contributed by atoms with Crippen molar-refractivity contribution in [3.05, 3.63) is 70.8 Å². The van der Waals surface area contributed by atoms with Gasteiger partial charge in [0.15, 0.2) is 0 Å². The molecule has 0 aliphatic heterocycles. The van der Waals surface area contributed by atoms with Crippen molar-refractivity contribution in [1.29, 1.82) is 0 Å². The van der Waals surface area contributed by atoms with Gasteiger partial charge in [-0.1, -0.05) is 48.5 Å². The Morgan fingerprint density at radius 2 is 1.50 bits per heavy atom. The van der Waals surface area contributed by atoms with E-state index in [-0.39, 0.29) is 11.9 Å². The maximum Gasteiger partial charge on any atom is 0.232 e. The fraction of sp³-hybridized carbons (Fsp3) is 0.316. The van der Waals surface area contributed by atoms with Crippen molar-refractivity contribution in [2.24, 2.45) is 11.5 Å². The second kappa shape index (κ2) is 5.58. The number of rotatable bonds is 3. The van der Waals surface area contributed by atoms with Crippen LogP contribution in [0.1, 0.15) is 35.6 Å². The van der Waals surface area contributed by atoms with E-state index in [0.717, 1.165) is 24.0 Å². The molecule has 3 heteroatoms. The zero-order valence-electron chi connectivity index (χ0n) is 12.9. The molecule has 0 spiro atoms. The van der Waals surface area contributed by atoms with Gasteiger partial charge in [0.1, 0.15) is 5.41 Å². The third-order valence-electron chi connectivity index (χ3n) is 4.67. The van der Waals surface area contributed by atoms with Gasteiger partial charge in [-0.25, -0.2) is 0 Å². The van der Waals surface area contributed by atoms with Crippen molar-refractivity contribution in [3.8, 4) is 0 Å². The maximum absolute atomic E-state index is 12.7. The Morgan fingerprint density at radius 1 is 1.05 bits per heavy atom. The number of fused-ring (bicyclic) bond motifs is 2. The van der Waals surface area contributed by atoms with Gasteiger partial charge in [-0.05, 0) is 48.4 Å². The third-order valence-corrected chi connectivity index (χ3v) is 4.67. The van der Waals surface area contributed by atoms with Gasteiger partial charge in [-0.2, -0.15) is 0 Å². The van der Waals surface area contributed by atoms with Gasteiger partial charge in [-0.3, -0.25) is 4.79 Å². The van der Waals surface area contributed by atoms with E-state index in [2.05, 4.69) is 12.1 Å². The Bertz CT molecular complexity index is 659. The quantitative estimate of drug-likeness (QED) is 0.912. The lowest BCUT2D eigenvalue weighted by Gasteiger charge is -2.34. The monoisotopic (exact) mass is 294 g/mol. The molecule has 0 saturated carbocycles. The zero-order chi connectivity index (χ0) is 15.7. The van der Waals surface area contributed by atoms with Crippen LogP contribution in [0.25, 0.3) is 0 Å². The number of hydrogen-bond donors (Lipinski definition) is 2. The fourth-order valence-electron chi connectivity index (χ4n) is 3.79. The van der Waals surface area contributed by atoms with Crippen LogP contribution >= 0.6 is 0 Å². The van der Waals surface area contributed by atoms with Crippen LogP contribution in [0, 0.1) is 0 Å². The van der Waals surface area contributed by atoms with Crippen LogP contribution in [0.2, 0.25) is 0 Å². The zero-order valence-corrected chi connectivity index (χ0v) is 12.9. The lowest BCUT2D eigenvalue weighted by Crippen LogP contribution is -2.46. The second-order valence-electron chi connectivity index (χ2n) is 6.27. The summed E-state index contributed by atoms with van der Waals surface area (Å²) < 4.78 is 0. The SMILES string of the molecule is C[C@@H](N)CC1(C(N)=O)c2ccccc2CCc2ccccc21. The molecule has 0 unspecified atom stereocenters. The van der Waals surface area contributed by atoms with Gasteiger partial charge in [0, 0.05) is 6.04 Å². The molecule has 0 fully saturated rings. The average molecular weight is 294 g/mol. The molecule has 22 heavy (non-hydrogen) atoms. The number of carbonyl (C=O) groups is 1. The lowest BCUT2D eigenvalue weighted by atomic mass is 9.68. The molecule has 1 aliphatic rings. The van der Waals surface area contributed by atoms with Gasteiger partial charge in [0.25, 0.3) is 0 Å². The molecule has 0 aromatic heterocycles. The van der Waals surface area contributed by atoms with Crippen LogP contribution < -0.4 is 11.5 Å². The van der Waals surface area contributed by atoms with Gasteiger partial charge >= 0.3 is 0 Å². The summed E-state index contributed by atoms with van der Waals surface area (Å²) in [7, 11) is 0. The summed E-state index contributed by atoms with van der Waals surface area (Å²) in [6, 6.07) is 16.1. The van der Waals surface area contributed by atoms with Crippen LogP contribution in [0.4, 0.5) is 0 Å². The Labute approximate surface area is 131 Å². The van der Waals surface area contributed by atoms with Crippen LogP contribution in [-0.4, -0.2) is 11.9 Å². The number of primary amides is 1. The standard InChI is InChI=1S/C19H22N2O/c1-13(20)12-19(18(21)22)16-8-4-2-6-14(16)10-11-15-7-3-5-9-17(15)19/h2-9,13H,10-12,20H2,1H3,(H2,21,22)/t13-/m1/s1. The van der Waals surface area contributed by atoms with Crippen LogP contribution in [-0.2, 0) is 23.1 Å². The van der Waals surface area contributed by atoms with Crippen LogP contribution in [0.3, 0.4) is 0 Å². The van der Waals surface area contributed by atoms with Crippen molar-refractivity contribution >= 4 is 5.91 Å². The molecule has 0 radical (unpaired) electrons. The highest BCUT2D eigenvalue weighted by Gasteiger charge is 2.44. The number of amides is 1. The molecule has 2 aromatic carbocycles. The minimum absolute atomic E-state index is 0.119. The second-order valence-corrected chi connectivity index (χ2v) is 6.27. The number of aryl methyl sites for hydroxylation is 2. The third kappa shape index (κ3) is 2.22. The van der Waals surface area contributed by atoms with E-state index >= 15 is 0 Å². The number of carbonyl (C=O) groups excluding carboxylic acids is 1. The van der Waals surface area contributed by atoms with Crippen molar-refractivity contribution in [1.82, 2.24) is 0 Å². The molecule has 3 nitrogen and oxygen atoms in total. The summed E-state index contributed by atoms with van der Waals surface area (Å²) in [5, 5.41) is 0. The largest absolute Gasteiger partial charge is 0.369 e. The molecular formula is C19H22N2O. The van der Waals surface area contributed by atoms with E-state index in [0.29, 0.717) is 6.42 Å². The highest BCUT2D eigenvalue weighted by atomic mass is 16.1. The smallest absolute Gasteiger partial charge is 0.232 e. The van der Waals surface area contributed by atoms with Gasteiger partial charge in [-0.15, -0.1) is 0 Å². The Morgan fingerprint density at radius 3 is 1.91 bits per heavy atom. The number of hydrogen-bond acceptors (Lipinski definition) is 2. The Balaban J connectivity index is 2.36. The first-order valence-electron chi connectivity index (χ1n) is 7.78. The predicted octanol–water partition coefficient (Wildman–Crippen LogP) is 2.29. The van der Waals surface area contributed by atoms with E-state index in [1.54, 1.807) is 0 Å². The van der Waals surface area contributed by atoms with E-state index in [9.17, 15) is 4.79 Å². The average Bonchev–Trinajstić information content (AvgIpc) is 2.64. The van der Waals surface area contributed by atoms with Crippen molar-refractivity contribution in [3.63, 3.8) is 0 Å². The molecular weight excluding hydrogens is 272 g/mol. The number of benzene rings is 2. The molecule has 0 heterocycles. The molecule has 3 rings (SSSR count). The van der Waals surface area contributed by atoms with E-state index in [4.69, 9.17) is 11.5 Å². The molecule has 114 valence electrons. The molecule has 2 aromatic rings. The van der Waals surface area contributed by atoms with Gasteiger partial charge < -0.3 is 11.5 Å². The van der Waals surface area contributed by atoms with Gasteiger partial charge in [0.2, 0.25) is 5.91 Å². The van der Waals surface area contributed by atoms with Gasteiger partial charge in [0.05, 0.1) is 0 Å². The first kappa shape index (κ1) is 14.8. The van der Waals surface area contributed by atoms with Crippen LogP contribution in [0.15, 0.2) is 48.5 Å². The maximum atomic E-state index is 12.7. The summed E-state index contributed by atoms with van der Waals surface area (Å²) in [6.45, 7) is 1.93. The lowest BCUT2D eigenvalue weighted by molar-refractivity contribution is -0.122. The molecule has 0 bridgehead atoms. The Kier molecular flexibility index (Phi) is 3.75. The number of nitrogens with two attached hydrogens (primary N) is 2. The minimum Gasteiger partial charge on any atom is -0.369 e. The molecule has 1 aliphatic carbocycles. The predicted molar refractivity (Wildman–Crippen MR) is 88.5 cm³/mol. The highest BCUT2D eigenvalue weighted by Crippen LogP contribution is 2.42. The minimum atomic E-state index is -0.835. The normalized spacial score (nSPS) is 17.0. The molecule has 1 amide bonds. The van der Waals surface area contributed by atoms with E-state index < -0.39 is 5.41 Å². The van der Waals surface area contributed by atoms with Crippen LogP contribution in [0.5, 0.6) is 0 Å². The van der Waals surface area contributed by atoms with E-state index in [1.807, 2.05) is 43.3 Å². The molecule has 1 atom stereocenters. The summed E-state index contributed by atoms with van der Waals surface area (Å²) >= 11 is 0. The Hall–Kier alpha value is -2.13. The molecule has 0 saturated heterocycles. The summed E-state index contributed by atoms with van der Waals surface area (Å²) in [5.41, 5.74) is 15.6. The summed E-state index contributed by atoms with van der Waals surface area (Å²) in [6.07, 6.45) is 2.36. The van der Waals surface area contributed by atoms with Crippen molar-refractivity contribution in [2.45, 2.75) is 37.6 Å². The highest BCUT2D eigenvalue weighted by molar-refractivity contribution is 5.92. The topological polar surface area (TPSA) is 69.1 Å². The fourth-order valence-corrected chi connectivity index (χ4v) is 3.79.